The summed E-state index contributed by atoms with van der Waals surface area (Å²) in [5.74, 6) is 2.03. The van der Waals surface area contributed by atoms with Gasteiger partial charge in [0.1, 0.15) is 0 Å². The lowest BCUT2D eigenvalue weighted by Gasteiger charge is -2.74. The van der Waals surface area contributed by atoms with Crippen LogP contribution >= 0.6 is 0 Å². The molecule has 5 fully saturated rings. The van der Waals surface area contributed by atoms with Crippen molar-refractivity contribution in [3.8, 4) is 0 Å². The van der Waals surface area contributed by atoms with Crippen LogP contribution in [0.5, 0.6) is 0 Å². The molecule has 3 N–H and O–H groups in total. The zero-order chi connectivity index (χ0) is 24.4. The Kier molecular flexibility index (Phi) is 5.21. The van der Waals surface area contributed by atoms with E-state index in [2.05, 4.69) is 41.5 Å². The maximum Gasteiger partial charge on any atom is 0.0622 e. The van der Waals surface area contributed by atoms with Crippen LogP contribution in [0.3, 0.4) is 0 Å². The molecule has 0 aromatic rings. The van der Waals surface area contributed by atoms with E-state index in [1.54, 1.807) is 0 Å². The molecule has 0 aromatic heterocycles. The van der Waals surface area contributed by atoms with Crippen LogP contribution in [-0.2, 0) is 0 Å². The van der Waals surface area contributed by atoms with Gasteiger partial charge in [-0.3, -0.25) is 0 Å². The Balaban J connectivity index is 1.58. The van der Waals surface area contributed by atoms with Gasteiger partial charge < -0.3 is 15.3 Å². The van der Waals surface area contributed by atoms with Gasteiger partial charge in [-0.25, -0.2) is 0 Å². The van der Waals surface area contributed by atoms with Gasteiger partial charge in [0.25, 0.3) is 0 Å². The largest absolute Gasteiger partial charge is 0.393 e. The maximum atomic E-state index is 12.0. The number of rotatable bonds is 1. The van der Waals surface area contributed by atoms with E-state index >= 15 is 0 Å². The van der Waals surface area contributed by atoms with Crippen LogP contribution < -0.4 is 0 Å². The highest BCUT2D eigenvalue weighted by Crippen LogP contribution is 2.78. The van der Waals surface area contributed by atoms with Crippen molar-refractivity contribution in [2.45, 2.75) is 131 Å². The molecule has 0 heterocycles. The summed E-state index contributed by atoms with van der Waals surface area (Å²) >= 11 is 0. The number of fused-ring (bicyclic) bond motifs is 7. The second kappa shape index (κ2) is 7.00. The van der Waals surface area contributed by atoms with Gasteiger partial charge in [-0.2, -0.15) is 0 Å². The minimum Gasteiger partial charge on any atom is -0.393 e. The van der Waals surface area contributed by atoms with E-state index in [0.717, 1.165) is 25.7 Å². The van der Waals surface area contributed by atoms with Crippen LogP contribution in [-0.4, -0.2) is 33.1 Å². The van der Waals surface area contributed by atoms with Crippen LogP contribution in [0.15, 0.2) is 0 Å². The fraction of sp³-hybridized carbons (Fsp3) is 1.00. The summed E-state index contributed by atoms with van der Waals surface area (Å²) in [6.07, 6.45) is 9.21. The molecule has 0 radical (unpaired) electrons. The van der Waals surface area contributed by atoms with Crippen LogP contribution in [0.4, 0.5) is 0 Å². The molecule has 0 aliphatic heterocycles. The van der Waals surface area contributed by atoms with Gasteiger partial charge in [-0.15, -0.1) is 0 Å². The van der Waals surface area contributed by atoms with E-state index in [4.69, 9.17) is 0 Å². The smallest absolute Gasteiger partial charge is 0.0622 e. The molecule has 0 amide bonds. The molecule has 0 saturated heterocycles. The van der Waals surface area contributed by atoms with Crippen molar-refractivity contribution in [3.63, 3.8) is 0 Å². The highest BCUT2D eigenvalue weighted by molar-refractivity contribution is 5.22. The summed E-state index contributed by atoms with van der Waals surface area (Å²) in [7, 11) is 0. The van der Waals surface area contributed by atoms with Crippen LogP contribution in [0.1, 0.15) is 113 Å². The van der Waals surface area contributed by atoms with Crippen LogP contribution in [0, 0.1) is 56.7 Å². The van der Waals surface area contributed by atoms with E-state index < -0.39 is 5.60 Å². The SMILES string of the molecule is CC(C)(O)C1CCC2(C)C1CCC1(C)C2CC(O)C2C3(C)C(O)CCC(C)(C)C3CCC21C. The first kappa shape index (κ1) is 24.6. The molecule has 0 spiro atoms. The third-order valence-electron chi connectivity index (χ3n) is 13.7. The molecule has 5 aliphatic rings. The molecule has 11 atom stereocenters. The first-order valence-corrected chi connectivity index (χ1v) is 14.1. The Morgan fingerprint density at radius 1 is 0.727 bits per heavy atom. The first-order chi connectivity index (χ1) is 15.0. The zero-order valence-corrected chi connectivity index (χ0v) is 22.7. The maximum absolute atomic E-state index is 12.0. The van der Waals surface area contributed by atoms with Crippen LogP contribution in [0.2, 0.25) is 0 Å². The standard InChI is InChI=1S/C30H52O3/c1-25(2)13-12-23(32)30(8)21(25)11-16-29(7)24(30)20(31)17-22-27(5)14-9-18(26(3,4)33)19(27)10-15-28(22,29)6/h18-24,31-33H,9-17H2,1-8H3. The van der Waals surface area contributed by atoms with Gasteiger partial charge in [-0.1, -0.05) is 41.5 Å². The Morgan fingerprint density at radius 3 is 2.00 bits per heavy atom. The molecule has 3 nitrogen and oxygen atoms in total. The van der Waals surface area contributed by atoms with Gasteiger partial charge in [0.15, 0.2) is 0 Å². The van der Waals surface area contributed by atoms with Crippen molar-refractivity contribution in [1.29, 1.82) is 0 Å². The predicted molar refractivity (Wildman–Crippen MR) is 134 cm³/mol. The Bertz CT molecular complexity index is 799. The number of hydrogen-bond donors (Lipinski definition) is 3. The predicted octanol–water partition coefficient (Wildman–Crippen LogP) is 6.19. The summed E-state index contributed by atoms with van der Waals surface area (Å²) in [6.45, 7) is 18.8. The van der Waals surface area contributed by atoms with Gasteiger partial charge in [0.2, 0.25) is 0 Å². The summed E-state index contributed by atoms with van der Waals surface area (Å²) in [5, 5.41) is 34.5. The fourth-order valence-electron chi connectivity index (χ4n) is 12.0. The Labute approximate surface area is 203 Å². The lowest BCUT2D eigenvalue weighted by molar-refractivity contribution is -0.292. The Hall–Kier alpha value is -0.120. The van der Waals surface area contributed by atoms with Gasteiger partial charge in [-0.05, 0) is 123 Å². The molecule has 0 aromatic carbocycles. The highest BCUT2D eigenvalue weighted by atomic mass is 16.3. The third-order valence-corrected chi connectivity index (χ3v) is 13.7. The monoisotopic (exact) mass is 460 g/mol. The fourth-order valence-corrected chi connectivity index (χ4v) is 12.0. The van der Waals surface area contributed by atoms with Gasteiger partial charge in [0, 0.05) is 5.41 Å². The molecule has 190 valence electrons. The first-order valence-electron chi connectivity index (χ1n) is 14.1. The van der Waals surface area contributed by atoms with E-state index in [1.807, 2.05) is 13.8 Å². The highest BCUT2D eigenvalue weighted by Gasteiger charge is 2.73. The van der Waals surface area contributed by atoms with E-state index in [9.17, 15) is 15.3 Å². The summed E-state index contributed by atoms with van der Waals surface area (Å²) in [4.78, 5) is 0. The van der Waals surface area contributed by atoms with Crippen LogP contribution in [0.25, 0.3) is 0 Å². The molecule has 5 saturated carbocycles. The molecule has 3 heteroatoms. The average Bonchev–Trinajstić information content (AvgIpc) is 3.04. The van der Waals surface area contributed by atoms with Gasteiger partial charge >= 0.3 is 0 Å². The molecular weight excluding hydrogens is 408 g/mol. The zero-order valence-electron chi connectivity index (χ0n) is 22.7. The molecule has 5 aliphatic carbocycles. The minimum absolute atomic E-state index is 0.0375. The lowest BCUT2D eigenvalue weighted by atomic mass is 9.31. The molecule has 11 unspecified atom stereocenters. The van der Waals surface area contributed by atoms with E-state index in [1.165, 1.54) is 32.1 Å². The number of aliphatic hydroxyl groups is 3. The van der Waals surface area contributed by atoms with Crippen molar-refractivity contribution in [2.75, 3.05) is 0 Å². The average molecular weight is 461 g/mol. The molecule has 5 rings (SSSR count). The van der Waals surface area contributed by atoms with Crippen molar-refractivity contribution in [1.82, 2.24) is 0 Å². The number of aliphatic hydroxyl groups excluding tert-OH is 2. The van der Waals surface area contributed by atoms with Crippen molar-refractivity contribution in [2.24, 2.45) is 56.7 Å². The Morgan fingerprint density at radius 2 is 1.36 bits per heavy atom. The summed E-state index contributed by atoms with van der Waals surface area (Å²) in [6, 6.07) is 0. The van der Waals surface area contributed by atoms with E-state index in [0.29, 0.717) is 23.7 Å². The summed E-state index contributed by atoms with van der Waals surface area (Å²) in [5.41, 5.74) is -0.219. The lowest BCUT2D eigenvalue weighted by Crippen LogP contribution is -2.71. The van der Waals surface area contributed by atoms with E-state index in [-0.39, 0.29) is 45.2 Å². The quantitative estimate of drug-likeness (QED) is 0.437. The topological polar surface area (TPSA) is 60.7 Å². The van der Waals surface area contributed by atoms with Gasteiger partial charge in [0.05, 0.1) is 17.8 Å². The number of hydrogen-bond acceptors (Lipinski definition) is 3. The summed E-state index contributed by atoms with van der Waals surface area (Å²) < 4.78 is 0. The molecule has 0 bridgehead atoms. The van der Waals surface area contributed by atoms with Crippen molar-refractivity contribution >= 4 is 0 Å². The second-order valence-corrected chi connectivity index (χ2v) is 15.6. The second-order valence-electron chi connectivity index (χ2n) is 15.6. The minimum atomic E-state index is -0.626. The van der Waals surface area contributed by atoms with Crippen molar-refractivity contribution in [3.05, 3.63) is 0 Å². The third kappa shape index (κ3) is 2.91. The molecule has 33 heavy (non-hydrogen) atoms. The molecular formula is C30H52O3. The normalized spacial score (nSPS) is 58.1. The van der Waals surface area contributed by atoms with Crippen molar-refractivity contribution < 1.29 is 15.3 Å².